The minimum atomic E-state index is -4.54. The average Bonchev–Trinajstić information content (AvgIpc) is 3.00. The summed E-state index contributed by atoms with van der Waals surface area (Å²) < 4.78 is 41.3. The van der Waals surface area contributed by atoms with E-state index in [1.54, 1.807) is 43.0 Å². The van der Waals surface area contributed by atoms with Crippen LogP contribution in [0.15, 0.2) is 36.4 Å². The van der Waals surface area contributed by atoms with Crippen molar-refractivity contribution in [3.8, 4) is 5.75 Å². The van der Waals surface area contributed by atoms with Crippen LogP contribution in [0.2, 0.25) is 0 Å². The fourth-order valence-corrected chi connectivity index (χ4v) is 4.66. The van der Waals surface area contributed by atoms with E-state index in [9.17, 15) is 23.1 Å². The van der Waals surface area contributed by atoms with Gasteiger partial charge in [0.2, 0.25) is 0 Å². The monoisotopic (exact) mass is 448 g/mol. The molecule has 2 aromatic rings. The molecule has 0 aliphatic carbocycles. The number of benzene rings is 2. The van der Waals surface area contributed by atoms with E-state index in [0.717, 1.165) is 38.1 Å². The number of fused-ring (bicyclic) bond motifs is 1. The molecule has 1 saturated heterocycles. The summed E-state index contributed by atoms with van der Waals surface area (Å²) in [5.41, 5.74) is -0.471. The van der Waals surface area contributed by atoms with E-state index >= 15 is 0 Å². The second kappa shape index (κ2) is 8.20. The third kappa shape index (κ3) is 4.21. The molecule has 2 heterocycles. The number of amides is 2. The maximum Gasteiger partial charge on any atom is 0.416 e. The Bertz CT molecular complexity index is 1020. The van der Waals surface area contributed by atoms with Crippen molar-refractivity contribution < 1.29 is 23.1 Å². The second-order valence-electron chi connectivity index (χ2n) is 8.96. The number of nitrogens with one attached hydrogen (secondary N) is 3. The van der Waals surface area contributed by atoms with Crippen LogP contribution in [0.25, 0.3) is 0 Å². The normalized spacial score (nSPS) is 18.3. The Hall–Kier alpha value is -2.94. The number of anilines is 3. The number of phenols is 1. The summed E-state index contributed by atoms with van der Waals surface area (Å²) in [7, 11) is 0. The molecule has 0 spiro atoms. The van der Waals surface area contributed by atoms with Crippen LogP contribution in [-0.2, 0) is 11.6 Å². The lowest BCUT2D eigenvalue weighted by molar-refractivity contribution is -0.138. The van der Waals surface area contributed by atoms with Crippen molar-refractivity contribution in [3.63, 3.8) is 0 Å². The van der Waals surface area contributed by atoms with E-state index in [1.807, 2.05) is 0 Å². The van der Waals surface area contributed by atoms with Gasteiger partial charge in [-0.05, 0) is 55.8 Å². The van der Waals surface area contributed by atoms with Crippen LogP contribution in [0.3, 0.4) is 0 Å². The Morgan fingerprint density at radius 3 is 2.53 bits per heavy atom. The predicted molar refractivity (Wildman–Crippen MR) is 118 cm³/mol. The van der Waals surface area contributed by atoms with Gasteiger partial charge in [0.15, 0.2) is 0 Å². The molecule has 32 heavy (non-hydrogen) atoms. The molecule has 0 radical (unpaired) electrons. The van der Waals surface area contributed by atoms with Gasteiger partial charge in [-0.2, -0.15) is 13.2 Å². The standard InChI is InChI=1S/C23H27F3N4O2/c1-22(2)13-30(20-18(31)8-7-15(19(20)22)23(24,25)26)17-6-4-3-5-16(17)29-21(32)28-14-9-11-27-12-10-14/h3-8,14,27,31H,9-13H2,1-2H3,(H2,28,29,32). The first kappa shape index (κ1) is 22.3. The molecule has 2 aromatic carbocycles. The summed E-state index contributed by atoms with van der Waals surface area (Å²) in [4.78, 5) is 14.3. The highest BCUT2D eigenvalue weighted by Gasteiger charge is 2.46. The molecule has 2 aliphatic heterocycles. The van der Waals surface area contributed by atoms with Crippen molar-refractivity contribution in [2.45, 2.75) is 44.3 Å². The van der Waals surface area contributed by atoms with E-state index in [0.29, 0.717) is 11.4 Å². The molecule has 6 nitrogen and oxygen atoms in total. The van der Waals surface area contributed by atoms with Gasteiger partial charge in [-0.1, -0.05) is 26.0 Å². The smallest absolute Gasteiger partial charge is 0.416 e. The van der Waals surface area contributed by atoms with Crippen LogP contribution in [0, 0.1) is 0 Å². The number of urea groups is 1. The largest absolute Gasteiger partial charge is 0.506 e. The fourth-order valence-electron chi connectivity index (χ4n) is 4.66. The minimum Gasteiger partial charge on any atom is -0.506 e. The summed E-state index contributed by atoms with van der Waals surface area (Å²) in [6.45, 7) is 5.34. The first-order chi connectivity index (χ1) is 15.1. The molecule has 1 fully saturated rings. The minimum absolute atomic E-state index is 0.0546. The zero-order valence-electron chi connectivity index (χ0n) is 18.0. The molecule has 0 unspecified atom stereocenters. The number of carbonyl (C=O) groups is 1. The maximum atomic E-state index is 13.8. The SMILES string of the molecule is CC1(C)CN(c2ccccc2NC(=O)NC2CCNCC2)c2c(O)ccc(C(F)(F)F)c21. The molecule has 4 N–H and O–H groups in total. The Balaban J connectivity index is 1.69. The van der Waals surface area contributed by atoms with Gasteiger partial charge in [0.1, 0.15) is 5.75 Å². The summed E-state index contributed by atoms with van der Waals surface area (Å²) in [5.74, 6) is -0.229. The molecule has 0 saturated carbocycles. The highest BCUT2D eigenvalue weighted by molar-refractivity contribution is 5.95. The maximum absolute atomic E-state index is 13.8. The van der Waals surface area contributed by atoms with E-state index in [1.165, 1.54) is 0 Å². The number of nitrogens with zero attached hydrogens (tertiary/aromatic N) is 1. The number of halogens is 3. The van der Waals surface area contributed by atoms with Gasteiger partial charge in [-0.25, -0.2) is 4.79 Å². The molecule has 172 valence electrons. The number of alkyl halides is 3. The van der Waals surface area contributed by atoms with Crippen LogP contribution in [0.1, 0.15) is 37.8 Å². The molecule has 2 amide bonds. The van der Waals surface area contributed by atoms with Gasteiger partial charge in [-0.3, -0.25) is 0 Å². The molecule has 0 bridgehead atoms. The van der Waals surface area contributed by atoms with Gasteiger partial charge in [0.05, 0.1) is 22.6 Å². The molecule has 0 atom stereocenters. The van der Waals surface area contributed by atoms with Gasteiger partial charge in [-0.15, -0.1) is 0 Å². The molecular weight excluding hydrogens is 421 g/mol. The molecule has 0 aromatic heterocycles. The molecule has 2 aliphatic rings. The van der Waals surface area contributed by atoms with Crippen LogP contribution >= 0.6 is 0 Å². The Morgan fingerprint density at radius 2 is 1.84 bits per heavy atom. The van der Waals surface area contributed by atoms with Crippen LogP contribution < -0.4 is 20.9 Å². The number of phenolic OH excluding ortho intramolecular Hbond substituents is 1. The van der Waals surface area contributed by atoms with Gasteiger partial charge in [0, 0.05) is 18.0 Å². The van der Waals surface area contributed by atoms with Crippen molar-refractivity contribution in [3.05, 3.63) is 47.5 Å². The van der Waals surface area contributed by atoms with Crippen molar-refractivity contribution in [1.82, 2.24) is 10.6 Å². The zero-order valence-corrected chi connectivity index (χ0v) is 18.0. The zero-order chi connectivity index (χ0) is 23.1. The van der Waals surface area contributed by atoms with Crippen LogP contribution in [0.5, 0.6) is 5.75 Å². The topological polar surface area (TPSA) is 76.6 Å². The Labute approximate surface area is 184 Å². The van der Waals surface area contributed by atoms with Gasteiger partial charge in [0.25, 0.3) is 0 Å². The molecular formula is C23H27F3N4O2. The number of piperidine rings is 1. The average molecular weight is 448 g/mol. The lowest BCUT2D eigenvalue weighted by atomic mass is 9.83. The number of rotatable bonds is 3. The van der Waals surface area contributed by atoms with Crippen molar-refractivity contribution in [1.29, 1.82) is 0 Å². The number of hydrogen-bond acceptors (Lipinski definition) is 4. The van der Waals surface area contributed by atoms with Crippen LogP contribution in [-0.4, -0.2) is 36.8 Å². The lowest BCUT2D eigenvalue weighted by Crippen LogP contribution is -2.44. The lowest BCUT2D eigenvalue weighted by Gasteiger charge is -2.26. The number of carbonyl (C=O) groups excluding carboxylic acids is 1. The summed E-state index contributed by atoms with van der Waals surface area (Å²) >= 11 is 0. The Kier molecular flexibility index (Phi) is 5.70. The molecule has 9 heteroatoms. The summed E-state index contributed by atoms with van der Waals surface area (Å²) in [6.07, 6.45) is -2.88. The van der Waals surface area contributed by atoms with E-state index in [2.05, 4.69) is 16.0 Å². The van der Waals surface area contributed by atoms with Gasteiger partial charge < -0.3 is 26.0 Å². The summed E-state index contributed by atoms with van der Waals surface area (Å²) in [5, 5.41) is 19.6. The first-order valence-corrected chi connectivity index (χ1v) is 10.7. The number of aromatic hydroxyl groups is 1. The quantitative estimate of drug-likeness (QED) is 0.548. The van der Waals surface area contributed by atoms with Crippen molar-refractivity contribution in [2.24, 2.45) is 0 Å². The third-order valence-corrected chi connectivity index (χ3v) is 6.08. The third-order valence-electron chi connectivity index (χ3n) is 6.08. The van der Waals surface area contributed by atoms with E-state index < -0.39 is 17.2 Å². The Morgan fingerprint density at radius 1 is 1.16 bits per heavy atom. The molecule has 4 rings (SSSR count). The van der Waals surface area contributed by atoms with Crippen molar-refractivity contribution >= 4 is 23.1 Å². The highest BCUT2D eigenvalue weighted by Crippen LogP contribution is 2.54. The number of para-hydroxylation sites is 2. The summed E-state index contributed by atoms with van der Waals surface area (Å²) in [6, 6.07) is 8.63. The first-order valence-electron chi connectivity index (χ1n) is 10.7. The van der Waals surface area contributed by atoms with Gasteiger partial charge >= 0.3 is 12.2 Å². The highest BCUT2D eigenvalue weighted by atomic mass is 19.4. The second-order valence-corrected chi connectivity index (χ2v) is 8.96. The van der Waals surface area contributed by atoms with E-state index in [-0.39, 0.29) is 35.6 Å². The van der Waals surface area contributed by atoms with E-state index in [4.69, 9.17) is 0 Å². The fraction of sp³-hybridized carbons (Fsp3) is 0.435. The number of hydrogen-bond donors (Lipinski definition) is 4. The predicted octanol–water partition coefficient (Wildman–Crippen LogP) is 4.71. The van der Waals surface area contributed by atoms with Crippen molar-refractivity contribution in [2.75, 3.05) is 29.9 Å². The van der Waals surface area contributed by atoms with Crippen LogP contribution in [0.4, 0.5) is 35.0 Å².